The van der Waals surface area contributed by atoms with Gasteiger partial charge in [-0.2, -0.15) is 5.10 Å². The molecule has 2 aromatic heterocycles. The molecule has 0 bridgehead atoms. The molecule has 20 heavy (non-hydrogen) atoms. The van der Waals surface area contributed by atoms with E-state index in [9.17, 15) is 9.59 Å². The van der Waals surface area contributed by atoms with E-state index in [0.717, 1.165) is 17.8 Å². The smallest absolute Gasteiger partial charge is 0.277 e. The van der Waals surface area contributed by atoms with E-state index in [4.69, 9.17) is 0 Å². The zero-order valence-corrected chi connectivity index (χ0v) is 12.1. The summed E-state index contributed by atoms with van der Waals surface area (Å²) in [4.78, 5) is 23.6. The molecule has 1 amide bonds. The highest BCUT2D eigenvalue weighted by molar-refractivity contribution is 7.15. The van der Waals surface area contributed by atoms with Crippen molar-refractivity contribution < 1.29 is 4.79 Å². The van der Waals surface area contributed by atoms with Crippen LogP contribution in [0.3, 0.4) is 0 Å². The molecule has 0 fully saturated rings. The summed E-state index contributed by atoms with van der Waals surface area (Å²) in [7, 11) is 0. The van der Waals surface area contributed by atoms with Crippen molar-refractivity contribution in [1.29, 1.82) is 0 Å². The van der Waals surface area contributed by atoms with Gasteiger partial charge in [-0.3, -0.25) is 14.9 Å². The molecule has 0 aromatic carbocycles. The number of hydrogen-bond donors (Lipinski definition) is 1. The fourth-order valence-corrected chi connectivity index (χ4v) is 2.22. The van der Waals surface area contributed by atoms with E-state index in [1.807, 2.05) is 13.8 Å². The van der Waals surface area contributed by atoms with Gasteiger partial charge >= 0.3 is 0 Å². The molecule has 0 saturated heterocycles. The number of hydrogen-bond acceptors (Lipinski definition) is 6. The normalized spacial score (nSPS) is 10.5. The molecule has 0 saturated carbocycles. The van der Waals surface area contributed by atoms with E-state index in [1.165, 1.54) is 28.2 Å². The Labute approximate surface area is 119 Å². The lowest BCUT2D eigenvalue weighted by molar-refractivity contribution is 0.101. The fraction of sp³-hybridized carbons (Fsp3) is 0.417. The first kappa shape index (κ1) is 14.3. The Kier molecular flexibility index (Phi) is 4.57. The SMILES string of the molecule is CCCn1nc(C(=O)Nc2nnc(CC)s2)ccc1=O. The molecule has 2 heterocycles. The zero-order valence-electron chi connectivity index (χ0n) is 11.3. The molecule has 0 radical (unpaired) electrons. The molecule has 2 aromatic rings. The predicted octanol–water partition coefficient (Wildman–Crippen LogP) is 1.32. The summed E-state index contributed by atoms with van der Waals surface area (Å²) < 4.78 is 1.28. The number of anilines is 1. The summed E-state index contributed by atoms with van der Waals surface area (Å²) in [5, 5.41) is 15.7. The number of carbonyl (C=O) groups is 1. The maximum absolute atomic E-state index is 12.0. The number of aryl methyl sites for hydroxylation is 2. The second-order valence-corrected chi connectivity index (χ2v) is 5.15. The average Bonchev–Trinajstić information content (AvgIpc) is 2.89. The van der Waals surface area contributed by atoms with Crippen LogP contribution in [0.25, 0.3) is 0 Å². The molecule has 2 rings (SSSR count). The largest absolute Gasteiger partial charge is 0.295 e. The van der Waals surface area contributed by atoms with Gasteiger partial charge < -0.3 is 0 Å². The third-order valence-electron chi connectivity index (χ3n) is 2.52. The molecule has 8 heteroatoms. The van der Waals surface area contributed by atoms with Crippen molar-refractivity contribution in [3.63, 3.8) is 0 Å². The van der Waals surface area contributed by atoms with Crippen LogP contribution in [-0.2, 0) is 13.0 Å². The zero-order chi connectivity index (χ0) is 14.5. The van der Waals surface area contributed by atoms with Gasteiger partial charge in [-0.25, -0.2) is 4.68 Å². The maximum atomic E-state index is 12.0. The van der Waals surface area contributed by atoms with Gasteiger partial charge in [0.25, 0.3) is 11.5 Å². The van der Waals surface area contributed by atoms with Crippen molar-refractivity contribution in [3.05, 3.63) is 33.2 Å². The minimum absolute atomic E-state index is 0.186. The Morgan fingerprint density at radius 1 is 1.35 bits per heavy atom. The van der Waals surface area contributed by atoms with Crippen LogP contribution in [0.4, 0.5) is 5.13 Å². The monoisotopic (exact) mass is 293 g/mol. The van der Waals surface area contributed by atoms with Gasteiger partial charge in [0, 0.05) is 12.6 Å². The van der Waals surface area contributed by atoms with Gasteiger partial charge in [-0.15, -0.1) is 10.2 Å². The number of nitrogens with zero attached hydrogens (tertiary/aromatic N) is 4. The topological polar surface area (TPSA) is 89.8 Å². The Hall–Kier alpha value is -2.09. The van der Waals surface area contributed by atoms with Crippen molar-refractivity contribution >= 4 is 22.4 Å². The average molecular weight is 293 g/mol. The Balaban J connectivity index is 2.16. The van der Waals surface area contributed by atoms with Crippen LogP contribution < -0.4 is 10.9 Å². The Morgan fingerprint density at radius 3 is 2.80 bits per heavy atom. The third kappa shape index (κ3) is 3.27. The van der Waals surface area contributed by atoms with Gasteiger partial charge in [0.05, 0.1) is 0 Å². The Bertz CT molecular complexity index is 664. The van der Waals surface area contributed by atoms with Crippen LogP contribution in [0.1, 0.15) is 35.8 Å². The van der Waals surface area contributed by atoms with Crippen molar-refractivity contribution in [2.45, 2.75) is 33.2 Å². The van der Waals surface area contributed by atoms with Crippen LogP contribution in [0.5, 0.6) is 0 Å². The lowest BCUT2D eigenvalue weighted by Crippen LogP contribution is -2.26. The summed E-state index contributed by atoms with van der Waals surface area (Å²) in [6, 6.07) is 2.75. The van der Waals surface area contributed by atoms with Crippen LogP contribution in [0, 0.1) is 0 Å². The van der Waals surface area contributed by atoms with E-state index in [0.29, 0.717) is 11.7 Å². The Morgan fingerprint density at radius 2 is 2.15 bits per heavy atom. The first-order valence-corrected chi connectivity index (χ1v) is 7.17. The van der Waals surface area contributed by atoms with Crippen molar-refractivity contribution in [2.24, 2.45) is 0 Å². The number of rotatable bonds is 5. The van der Waals surface area contributed by atoms with Gasteiger partial charge in [0.2, 0.25) is 5.13 Å². The highest BCUT2D eigenvalue weighted by Crippen LogP contribution is 2.15. The van der Waals surface area contributed by atoms with Crippen LogP contribution >= 0.6 is 11.3 Å². The minimum atomic E-state index is -0.395. The molecule has 1 N–H and O–H groups in total. The third-order valence-corrected chi connectivity index (χ3v) is 3.51. The highest BCUT2D eigenvalue weighted by Gasteiger charge is 2.12. The first-order chi connectivity index (χ1) is 9.63. The predicted molar refractivity (Wildman–Crippen MR) is 76.0 cm³/mol. The van der Waals surface area contributed by atoms with Gasteiger partial charge in [0.1, 0.15) is 10.7 Å². The molecular formula is C12H15N5O2S. The highest BCUT2D eigenvalue weighted by atomic mass is 32.1. The summed E-state index contributed by atoms with van der Waals surface area (Å²) in [6.07, 6.45) is 1.54. The van der Waals surface area contributed by atoms with E-state index in [2.05, 4.69) is 20.6 Å². The van der Waals surface area contributed by atoms with Gasteiger partial charge in [-0.1, -0.05) is 25.2 Å². The number of amides is 1. The van der Waals surface area contributed by atoms with E-state index < -0.39 is 5.91 Å². The number of carbonyl (C=O) groups excluding carboxylic acids is 1. The quantitative estimate of drug-likeness (QED) is 0.898. The molecule has 0 aliphatic carbocycles. The fourth-order valence-electron chi connectivity index (χ4n) is 1.55. The molecular weight excluding hydrogens is 278 g/mol. The van der Waals surface area contributed by atoms with E-state index in [-0.39, 0.29) is 11.3 Å². The van der Waals surface area contributed by atoms with Gasteiger partial charge in [0.15, 0.2) is 0 Å². The molecule has 0 aliphatic rings. The summed E-state index contributed by atoms with van der Waals surface area (Å²) >= 11 is 1.32. The number of aromatic nitrogens is 4. The lowest BCUT2D eigenvalue weighted by Gasteiger charge is -2.04. The van der Waals surface area contributed by atoms with Crippen molar-refractivity contribution in [1.82, 2.24) is 20.0 Å². The van der Waals surface area contributed by atoms with Crippen molar-refractivity contribution in [3.8, 4) is 0 Å². The second kappa shape index (κ2) is 6.38. The van der Waals surface area contributed by atoms with Crippen molar-refractivity contribution in [2.75, 3.05) is 5.32 Å². The first-order valence-electron chi connectivity index (χ1n) is 6.36. The summed E-state index contributed by atoms with van der Waals surface area (Å²) in [5.74, 6) is -0.395. The molecule has 0 unspecified atom stereocenters. The van der Waals surface area contributed by atoms with E-state index in [1.54, 1.807) is 0 Å². The molecule has 0 spiro atoms. The molecule has 106 valence electrons. The molecule has 7 nitrogen and oxygen atoms in total. The van der Waals surface area contributed by atoms with Gasteiger partial charge in [-0.05, 0) is 18.9 Å². The summed E-state index contributed by atoms with van der Waals surface area (Å²) in [6.45, 7) is 4.39. The maximum Gasteiger partial charge on any atom is 0.277 e. The van der Waals surface area contributed by atoms with Crippen LogP contribution in [0.2, 0.25) is 0 Å². The lowest BCUT2D eigenvalue weighted by atomic mass is 10.3. The molecule has 0 atom stereocenters. The second-order valence-electron chi connectivity index (χ2n) is 4.09. The van der Waals surface area contributed by atoms with Crippen LogP contribution in [0.15, 0.2) is 16.9 Å². The number of nitrogens with one attached hydrogen (secondary N) is 1. The van der Waals surface area contributed by atoms with E-state index >= 15 is 0 Å². The standard InChI is InChI=1S/C12H15N5O2S/c1-3-7-17-10(18)6-5-8(16-17)11(19)13-12-15-14-9(4-2)20-12/h5-6H,3-4,7H2,1-2H3,(H,13,15,19). The summed E-state index contributed by atoms with van der Waals surface area (Å²) in [5.41, 5.74) is -0.0288. The minimum Gasteiger partial charge on any atom is -0.295 e. The van der Waals surface area contributed by atoms with Crippen LogP contribution in [-0.4, -0.2) is 25.9 Å². The molecule has 0 aliphatic heterocycles.